The molecule has 5 nitrogen and oxygen atoms in total. The number of carbonyl (C=O) groups excluding carboxylic acids is 2. The van der Waals surface area contributed by atoms with Crippen LogP contribution in [0.25, 0.3) is 0 Å². The van der Waals surface area contributed by atoms with Gasteiger partial charge in [-0.15, -0.1) is 0 Å². The summed E-state index contributed by atoms with van der Waals surface area (Å²) in [7, 11) is 0. The molecule has 2 amide bonds. The Balaban J connectivity index is 1.89. The Morgan fingerprint density at radius 2 is 1.84 bits per heavy atom. The number of benzene rings is 1. The van der Waals surface area contributed by atoms with E-state index in [1.165, 1.54) is 0 Å². The summed E-state index contributed by atoms with van der Waals surface area (Å²) < 4.78 is 0. The second-order valence-corrected chi connectivity index (χ2v) is 5.26. The van der Waals surface area contributed by atoms with E-state index < -0.39 is 0 Å². The summed E-state index contributed by atoms with van der Waals surface area (Å²) in [5.41, 5.74) is 3.99. The van der Waals surface area contributed by atoms with E-state index in [0.717, 1.165) is 5.69 Å². The predicted molar refractivity (Wildman–Crippen MR) is 70.8 cm³/mol. The van der Waals surface area contributed by atoms with Crippen molar-refractivity contribution in [3.63, 3.8) is 0 Å². The van der Waals surface area contributed by atoms with Crippen molar-refractivity contribution in [2.24, 2.45) is 5.92 Å². The van der Waals surface area contributed by atoms with E-state index in [0.29, 0.717) is 6.42 Å². The van der Waals surface area contributed by atoms with Crippen molar-refractivity contribution < 1.29 is 9.59 Å². The molecule has 1 N–H and O–H groups in total. The number of rotatable bonds is 2. The van der Waals surface area contributed by atoms with Crippen molar-refractivity contribution in [2.45, 2.75) is 32.5 Å². The van der Waals surface area contributed by atoms with E-state index in [1.807, 2.05) is 37.3 Å². The number of para-hydroxylation sites is 1. The highest BCUT2D eigenvalue weighted by molar-refractivity contribution is 5.93. The van der Waals surface area contributed by atoms with Gasteiger partial charge >= 0.3 is 0 Å². The van der Waals surface area contributed by atoms with Gasteiger partial charge in [0.2, 0.25) is 5.91 Å². The van der Waals surface area contributed by atoms with Crippen LogP contribution in [0.3, 0.4) is 0 Å². The zero-order valence-corrected chi connectivity index (χ0v) is 11.0. The molecule has 2 aliphatic heterocycles. The summed E-state index contributed by atoms with van der Waals surface area (Å²) in [5.74, 6) is 0.169. The van der Waals surface area contributed by atoms with Crippen molar-refractivity contribution in [3.8, 4) is 0 Å². The van der Waals surface area contributed by atoms with Crippen LogP contribution in [0.4, 0.5) is 5.69 Å². The Hall–Kier alpha value is -2.04. The van der Waals surface area contributed by atoms with Gasteiger partial charge in [-0.1, -0.05) is 25.1 Å². The topological polar surface area (TPSA) is 52.7 Å². The summed E-state index contributed by atoms with van der Waals surface area (Å²) in [5, 5.41) is 1.61. The fourth-order valence-electron chi connectivity index (χ4n) is 2.96. The average molecular weight is 259 g/mol. The summed E-state index contributed by atoms with van der Waals surface area (Å²) in [6.45, 7) is 3.80. The third kappa shape index (κ3) is 1.77. The zero-order valence-electron chi connectivity index (χ0n) is 11.0. The molecule has 1 aromatic rings. The molecule has 0 aliphatic carbocycles. The minimum absolute atomic E-state index is 0.0475. The lowest BCUT2D eigenvalue weighted by Gasteiger charge is -2.28. The van der Waals surface area contributed by atoms with Gasteiger partial charge in [-0.05, 0) is 19.1 Å². The number of hydrazine groups is 1. The van der Waals surface area contributed by atoms with Gasteiger partial charge in [0, 0.05) is 12.3 Å². The second-order valence-electron chi connectivity index (χ2n) is 5.26. The minimum atomic E-state index is -0.376. The molecule has 1 unspecified atom stereocenters. The lowest BCUT2D eigenvalue weighted by atomic mass is 10.1. The van der Waals surface area contributed by atoms with Gasteiger partial charge in [0.05, 0.1) is 5.69 Å². The van der Waals surface area contributed by atoms with E-state index in [1.54, 1.807) is 16.8 Å². The van der Waals surface area contributed by atoms with Gasteiger partial charge in [-0.3, -0.25) is 15.0 Å². The molecule has 5 heteroatoms. The van der Waals surface area contributed by atoms with Crippen LogP contribution < -0.4 is 5.43 Å². The first-order chi connectivity index (χ1) is 9.09. The van der Waals surface area contributed by atoms with E-state index in [9.17, 15) is 9.59 Å². The van der Waals surface area contributed by atoms with E-state index in [-0.39, 0.29) is 29.9 Å². The number of hydrogen-bond donors (Lipinski definition) is 1. The summed E-state index contributed by atoms with van der Waals surface area (Å²) >= 11 is 0. The SMILES string of the molecule is C[C@H]1CC(=O)N2C1N(Nc1ccccc1)C(=O)[C@@H]2C. The Labute approximate surface area is 112 Å². The van der Waals surface area contributed by atoms with Crippen molar-refractivity contribution in [2.75, 3.05) is 5.43 Å². The number of nitrogens with zero attached hydrogens (tertiary/aromatic N) is 2. The van der Waals surface area contributed by atoms with Crippen LogP contribution in [-0.2, 0) is 9.59 Å². The fourth-order valence-corrected chi connectivity index (χ4v) is 2.96. The molecule has 1 aromatic carbocycles. The molecule has 2 heterocycles. The Morgan fingerprint density at radius 3 is 2.53 bits per heavy atom. The van der Waals surface area contributed by atoms with Crippen molar-refractivity contribution in [1.29, 1.82) is 0 Å². The molecular weight excluding hydrogens is 242 g/mol. The molecular formula is C14H17N3O2. The molecule has 19 heavy (non-hydrogen) atoms. The lowest BCUT2D eigenvalue weighted by molar-refractivity contribution is -0.133. The first-order valence-corrected chi connectivity index (χ1v) is 6.55. The highest BCUT2D eigenvalue weighted by Crippen LogP contribution is 2.35. The second kappa shape index (κ2) is 4.26. The number of hydrogen-bond acceptors (Lipinski definition) is 3. The molecule has 0 bridgehead atoms. The first-order valence-electron chi connectivity index (χ1n) is 6.55. The summed E-state index contributed by atoms with van der Waals surface area (Å²) in [4.78, 5) is 25.9. The summed E-state index contributed by atoms with van der Waals surface area (Å²) in [6, 6.07) is 9.18. The van der Waals surface area contributed by atoms with Gasteiger partial charge in [0.1, 0.15) is 12.2 Å². The maximum Gasteiger partial charge on any atom is 0.265 e. The van der Waals surface area contributed by atoms with E-state index in [2.05, 4.69) is 5.43 Å². The predicted octanol–water partition coefficient (Wildman–Crippen LogP) is 1.44. The van der Waals surface area contributed by atoms with Gasteiger partial charge in [0.25, 0.3) is 5.91 Å². The zero-order chi connectivity index (χ0) is 13.6. The van der Waals surface area contributed by atoms with Gasteiger partial charge in [-0.2, -0.15) is 0 Å². The van der Waals surface area contributed by atoms with Crippen LogP contribution in [0.1, 0.15) is 20.3 Å². The average Bonchev–Trinajstić information content (AvgIpc) is 2.82. The van der Waals surface area contributed by atoms with Crippen LogP contribution in [0.15, 0.2) is 30.3 Å². The minimum Gasteiger partial charge on any atom is -0.308 e. The van der Waals surface area contributed by atoms with E-state index >= 15 is 0 Å². The van der Waals surface area contributed by atoms with E-state index in [4.69, 9.17) is 0 Å². The molecule has 0 radical (unpaired) electrons. The molecule has 2 aliphatic rings. The van der Waals surface area contributed by atoms with Crippen LogP contribution in [-0.4, -0.2) is 33.9 Å². The number of amides is 2. The third-order valence-corrected chi connectivity index (χ3v) is 3.88. The molecule has 0 aromatic heterocycles. The van der Waals surface area contributed by atoms with Crippen LogP contribution in [0.2, 0.25) is 0 Å². The molecule has 3 rings (SSSR count). The number of carbonyl (C=O) groups is 2. The maximum absolute atomic E-state index is 12.3. The smallest absolute Gasteiger partial charge is 0.265 e. The van der Waals surface area contributed by atoms with Gasteiger partial charge in [-0.25, -0.2) is 5.01 Å². The fraction of sp³-hybridized carbons (Fsp3) is 0.429. The molecule has 2 saturated heterocycles. The third-order valence-electron chi connectivity index (χ3n) is 3.88. The highest BCUT2D eigenvalue weighted by Gasteiger charge is 2.53. The van der Waals surface area contributed by atoms with Crippen molar-refractivity contribution in [3.05, 3.63) is 30.3 Å². The Bertz CT molecular complexity index is 517. The van der Waals surface area contributed by atoms with Crippen LogP contribution >= 0.6 is 0 Å². The molecule has 100 valence electrons. The van der Waals surface area contributed by atoms with Crippen molar-refractivity contribution >= 4 is 17.5 Å². The number of anilines is 1. The Morgan fingerprint density at radius 1 is 1.16 bits per heavy atom. The monoisotopic (exact) mass is 259 g/mol. The van der Waals surface area contributed by atoms with Crippen LogP contribution in [0.5, 0.6) is 0 Å². The number of fused-ring (bicyclic) bond motifs is 1. The maximum atomic E-state index is 12.3. The molecule has 0 spiro atoms. The van der Waals surface area contributed by atoms with Gasteiger partial charge in [0.15, 0.2) is 0 Å². The summed E-state index contributed by atoms with van der Waals surface area (Å²) in [6.07, 6.45) is 0.338. The number of nitrogens with one attached hydrogen (secondary N) is 1. The first kappa shape index (κ1) is 12.0. The van der Waals surface area contributed by atoms with Crippen molar-refractivity contribution in [1.82, 2.24) is 9.91 Å². The normalized spacial score (nSPS) is 29.9. The molecule has 3 atom stereocenters. The van der Waals surface area contributed by atoms with Crippen LogP contribution in [0, 0.1) is 5.92 Å². The molecule has 2 fully saturated rings. The highest BCUT2D eigenvalue weighted by atomic mass is 16.2. The Kier molecular flexibility index (Phi) is 2.69. The quantitative estimate of drug-likeness (QED) is 0.874. The standard InChI is InChI=1S/C14H17N3O2/c1-9-8-12(18)16-10(2)14(19)17(13(9)16)15-11-6-4-3-5-7-11/h3-7,9-10,13,15H,8H2,1-2H3/t9-,10-,13?/m0/s1. The lowest BCUT2D eigenvalue weighted by Crippen LogP contribution is -2.43. The largest absolute Gasteiger partial charge is 0.308 e. The molecule has 0 saturated carbocycles. The van der Waals surface area contributed by atoms with Gasteiger partial charge < -0.3 is 4.90 Å².